The molecule has 1 unspecified atom stereocenters. The zero-order valence-corrected chi connectivity index (χ0v) is 14.0. The average molecular weight is 510 g/mol. The third-order valence-electron chi connectivity index (χ3n) is 3.37. The quantitative estimate of drug-likeness (QED) is 0.338. The largest absolute Gasteiger partial charge is 0.438 e. The van der Waals surface area contributed by atoms with Crippen LogP contribution >= 0.6 is 0 Å². The first-order valence-corrected chi connectivity index (χ1v) is 8.01. The molecule has 0 saturated heterocycles. The van der Waals surface area contributed by atoms with Crippen molar-refractivity contribution in [2.75, 3.05) is 0 Å². The van der Waals surface area contributed by atoms with Crippen molar-refractivity contribution < 1.29 is 83.2 Å². The fourth-order valence-corrected chi connectivity index (χ4v) is 2.07. The second kappa shape index (κ2) is 7.44. The summed E-state index contributed by atoms with van der Waals surface area (Å²) in [5.74, 6) is -40.4. The van der Waals surface area contributed by atoms with Crippen molar-refractivity contribution in [2.24, 2.45) is 0 Å². The van der Waals surface area contributed by atoms with E-state index in [4.69, 9.17) is 4.55 Å². The fourth-order valence-electron chi connectivity index (χ4n) is 1.62. The van der Waals surface area contributed by atoms with Crippen LogP contribution in [0.1, 0.15) is 12.8 Å². The van der Waals surface area contributed by atoms with E-state index in [1.807, 2.05) is 0 Å². The van der Waals surface area contributed by atoms with Crippen molar-refractivity contribution in [2.45, 2.75) is 60.1 Å². The monoisotopic (exact) mass is 510 g/mol. The van der Waals surface area contributed by atoms with Crippen LogP contribution in [-0.2, 0) is 10.1 Å². The van der Waals surface area contributed by atoms with Crippen LogP contribution in [0.3, 0.4) is 0 Å². The molecule has 0 fully saturated rings. The molecule has 1 atom stereocenters. The Labute approximate surface area is 154 Å². The molecule has 0 amide bonds. The molecule has 1 N–H and O–H groups in total. The highest BCUT2D eigenvalue weighted by molar-refractivity contribution is 7.87. The highest BCUT2D eigenvalue weighted by atomic mass is 32.2. The molecule has 30 heavy (non-hydrogen) atoms. The Hall–Kier alpha value is -1.21. The van der Waals surface area contributed by atoms with Gasteiger partial charge < -0.3 is 0 Å². The Bertz CT molecular complexity index is 724. The summed E-state index contributed by atoms with van der Waals surface area (Å²) in [5.41, 5.74) is 0. The van der Waals surface area contributed by atoms with Crippen LogP contribution in [0.4, 0.5) is 70.2 Å². The highest BCUT2D eigenvalue weighted by Crippen LogP contribution is 2.61. The highest BCUT2D eigenvalue weighted by Gasteiger charge is 2.92. The van der Waals surface area contributed by atoms with Crippen LogP contribution < -0.4 is 0 Å². The number of rotatable bonds is 9. The van der Waals surface area contributed by atoms with Crippen LogP contribution in [-0.4, -0.2) is 60.2 Å². The molecule has 0 saturated carbocycles. The molecule has 0 aromatic carbocycles. The molecule has 0 radical (unpaired) electrons. The van der Waals surface area contributed by atoms with Crippen LogP contribution in [0, 0.1) is 0 Å². The third-order valence-corrected chi connectivity index (χ3v) is 4.27. The summed E-state index contributed by atoms with van der Waals surface area (Å²) in [7, 11) is -7.75. The summed E-state index contributed by atoms with van der Waals surface area (Å²) in [5, 5.41) is -7.66. The standard InChI is InChI=1S/C10H6F16O3S/c11-3(1-2-4(12,13)14)5(15,16)6(17,18)7(19,20)8(21,22)9(23,24)10(25,26)30(27,28)29/h3H,1-2H2,(H,27,28,29). The topological polar surface area (TPSA) is 54.4 Å². The zero-order valence-electron chi connectivity index (χ0n) is 13.2. The van der Waals surface area contributed by atoms with Crippen molar-refractivity contribution in [3.8, 4) is 0 Å². The minimum absolute atomic E-state index is 2.71. The molecule has 20 heteroatoms. The van der Waals surface area contributed by atoms with Crippen LogP contribution in [0.25, 0.3) is 0 Å². The summed E-state index contributed by atoms with van der Waals surface area (Å²) < 4.78 is 234. The van der Waals surface area contributed by atoms with Gasteiger partial charge in [-0.25, -0.2) is 4.39 Å². The van der Waals surface area contributed by atoms with Crippen LogP contribution in [0.15, 0.2) is 0 Å². The van der Waals surface area contributed by atoms with E-state index < -0.39 is 70.2 Å². The van der Waals surface area contributed by atoms with Gasteiger partial charge in [-0.1, -0.05) is 0 Å². The predicted molar refractivity (Wildman–Crippen MR) is 61.4 cm³/mol. The maximum Gasteiger partial charge on any atom is 0.438 e. The zero-order chi connectivity index (χ0) is 25.0. The molecule has 0 aromatic rings. The van der Waals surface area contributed by atoms with Gasteiger partial charge in [0.05, 0.1) is 0 Å². The first-order chi connectivity index (χ1) is 12.6. The van der Waals surface area contributed by atoms with Crippen molar-refractivity contribution >= 4 is 10.1 Å². The smallest absolute Gasteiger partial charge is 0.281 e. The van der Waals surface area contributed by atoms with Gasteiger partial charge in [-0.15, -0.1) is 0 Å². The van der Waals surface area contributed by atoms with Gasteiger partial charge in [-0.05, 0) is 6.42 Å². The molecule has 0 aromatic heterocycles. The van der Waals surface area contributed by atoms with Gasteiger partial charge in [0, 0.05) is 6.42 Å². The second-order valence-electron chi connectivity index (χ2n) is 5.53. The SMILES string of the molecule is O=S(=O)(O)C(F)(F)C(F)(F)C(F)(F)C(F)(F)C(F)(F)C(F)(F)C(F)CCC(F)(F)F. The van der Waals surface area contributed by atoms with E-state index in [0.717, 1.165) is 0 Å². The number of halogens is 16. The van der Waals surface area contributed by atoms with Gasteiger partial charge in [0.2, 0.25) is 0 Å². The maximum absolute atomic E-state index is 13.3. The van der Waals surface area contributed by atoms with Crippen LogP contribution in [0.5, 0.6) is 0 Å². The van der Waals surface area contributed by atoms with Gasteiger partial charge in [-0.2, -0.15) is 74.3 Å². The van der Waals surface area contributed by atoms with Crippen molar-refractivity contribution in [1.29, 1.82) is 0 Å². The molecule has 0 spiro atoms. The minimum Gasteiger partial charge on any atom is -0.281 e. The van der Waals surface area contributed by atoms with Gasteiger partial charge in [0.25, 0.3) is 0 Å². The van der Waals surface area contributed by atoms with E-state index >= 15 is 0 Å². The lowest BCUT2D eigenvalue weighted by atomic mass is 9.91. The van der Waals surface area contributed by atoms with Gasteiger partial charge in [-0.3, -0.25) is 4.55 Å². The van der Waals surface area contributed by atoms with E-state index in [2.05, 4.69) is 0 Å². The predicted octanol–water partition coefficient (Wildman–Crippen LogP) is 5.32. The molecule has 3 nitrogen and oxygen atoms in total. The number of alkyl halides is 16. The first kappa shape index (κ1) is 28.8. The Balaban J connectivity index is 6.42. The second-order valence-corrected chi connectivity index (χ2v) is 7.00. The summed E-state index contributed by atoms with van der Waals surface area (Å²) in [6.07, 6.45) is -16.1. The van der Waals surface area contributed by atoms with Crippen LogP contribution in [0.2, 0.25) is 0 Å². The number of hydrogen-bond acceptors (Lipinski definition) is 2. The lowest BCUT2D eigenvalue weighted by Gasteiger charge is -2.41. The normalized spacial score (nSPS) is 17.2. The molecule has 0 heterocycles. The van der Waals surface area contributed by atoms with Gasteiger partial charge >= 0.3 is 51.2 Å². The molecule has 0 aliphatic carbocycles. The fraction of sp³-hybridized carbons (Fsp3) is 1.00. The molecule has 0 rings (SSSR count). The molecular weight excluding hydrogens is 504 g/mol. The lowest BCUT2D eigenvalue weighted by Crippen LogP contribution is -2.72. The van der Waals surface area contributed by atoms with E-state index in [1.165, 1.54) is 0 Å². The summed E-state index contributed by atoms with van der Waals surface area (Å²) in [6, 6.07) is 0. The van der Waals surface area contributed by atoms with Gasteiger partial charge in [0.1, 0.15) is 0 Å². The Morgan fingerprint density at radius 3 is 1.27 bits per heavy atom. The molecule has 182 valence electrons. The summed E-state index contributed by atoms with van der Waals surface area (Å²) in [4.78, 5) is 0. The van der Waals surface area contributed by atoms with Crippen molar-refractivity contribution in [3.05, 3.63) is 0 Å². The Morgan fingerprint density at radius 1 is 0.633 bits per heavy atom. The Kier molecular flexibility index (Phi) is 7.14. The third kappa shape index (κ3) is 4.24. The summed E-state index contributed by atoms with van der Waals surface area (Å²) >= 11 is 0. The van der Waals surface area contributed by atoms with E-state index in [9.17, 15) is 78.7 Å². The molecule has 0 aliphatic rings. The molecule has 0 bridgehead atoms. The maximum atomic E-state index is 13.3. The first-order valence-electron chi connectivity index (χ1n) is 6.57. The molecule has 0 aliphatic heterocycles. The van der Waals surface area contributed by atoms with E-state index in [0.29, 0.717) is 0 Å². The van der Waals surface area contributed by atoms with E-state index in [-0.39, 0.29) is 0 Å². The minimum atomic E-state index is -8.43. The average Bonchev–Trinajstić information content (AvgIpc) is 2.49. The molecular formula is C10H6F16O3S. The van der Waals surface area contributed by atoms with Crippen molar-refractivity contribution in [1.82, 2.24) is 0 Å². The lowest BCUT2D eigenvalue weighted by molar-refractivity contribution is -0.421. The Morgan fingerprint density at radius 2 is 0.967 bits per heavy atom. The number of hydrogen-bond donors (Lipinski definition) is 1. The van der Waals surface area contributed by atoms with Crippen molar-refractivity contribution in [3.63, 3.8) is 0 Å². The van der Waals surface area contributed by atoms with Gasteiger partial charge in [0.15, 0.2) is 6.17 Å². The van der Waals surface area contributed by atoms with E-state index in [1.54, 1.807) is 0 Å². The summed E-state index contributed by atoms with van der Waals surface area (Å²) in [6.45, 7) is 0.